The molecule has 0 bridgehead atoms. The average Bonchev–Trinajstić information content (AvgIpc) is 2.91. The minimum Gasteiger partial charge on any atom is -0.490 e. The first-order chi connectivity index (χ1) is 18.7. The predicted octanol–water partition coefficient (Wildman–Crippen LogP) is 4.20. The van der Waals surface area contributed by atoms with Crippen LogP contribution in [0.3, 0.4) is 0 Å². The summed E-state index contributed by atoms with van der Waals surface area (Å²) in [6.45, 7) is 1.15. The highest BCUT2D eigenvalue weighted by atomic mass is 32.2. The van der Waals surface area contributed by atoms with Crippen molar-refractivity contribution in [3.05, 3.63) is 83.4 Å². The van der Waals surface area contributed by atoms with Gasteiger partial charge in [-0.3, -0.25) is 4.79 Å². The van der Waals surface area contributed by atoms with Gasteiger partial charge in [-0.1, -0.05) is 48.9 Å². The van der Waals surface area contributed by atoms with Gasteiger partial charge in [-0.25, -0.2) is 13.1 Å². The second kappa shape index (κ2) is 13.1. The van der Waals surface area contributed by atoms with Crippen molar-refractivity contribution >= 4 is 21.6 Å². The maximum absolute atomic E-state index is 12.7. The zero-order valence-electron chi connectivity index (χ0n) is 22.2. The van der Waals surface area contributed by atoms with Crippen molar-refractivity contribution in [1.82, 2.24) is 10.0 Å². The van der Waals surface area contributed by atoms with Crippen LogP contribution in [-0.2, 0) is 16.4 Å². The van der Waals surface area contributed by atoms with Crippen LogP contribution >= 0.6 is 0 Å². The number of nitrogens with one attached hydrogen (secondary N) is 2. The van der Waals surface area contributed by atoms with Crippen LogP contribution in [0.5, 0.6) is 5.75 Å². The highest BCUT2D eigenvalue weighted by Gasteiger charge is 2.21. The van der Waals surface area contributed by atoms with E-state index < -0.39 is 22.0 Å². The third kappa shape index (κ3) is 8.54. The van der Waals surface area contributed by atoms with Crippen LogP contribution in [0.2, 0.25) is 0 Å². The molecular formula is C30H37N3O5S. The molecule has 9 heteroatoms. The first kappa shape index (κ1) is 28.6. The number of aliphatic hydroxyl groups excluding tert-OH is 1. The number of carbonyl (C=O) groups excluding carboxylic acids is 1. The Balaban J connectivity index is 1.40. The highest BCUT2D eigenvalue weighted by molar-refractivity contribution is 7.89. The second-order valence-electron chi connectivity index (χ2n) is 10.1. The van der Waals surface area contributed by atoms with Crippen LogP contribution < -0.4 is 20.5 Å². The van der Waals surface area contributed by atoms with Gasteiger partial charge in [0.1, 0.15) is 5.75 Å². The summed E-state index contributed by atoms with van der Waals surface area (Å²) in [7, 11) is -3.70. The SMILES string of the molecule is CS(=O)(=O)NC(=O)c1ccc(-c2ccc(CCNC[C@@H](O)c3cccc(N)c3)cc2)cc1OC1CCCCC1. The normalized spacial score (nSPS) is 15.0. The van der Waals surface area contributed by atoms with Crippen molar-refractivity contribution in [2.75, 3.05) is 25.1 Å². The fraction of sp³-hybridized carbons (Fsp3) is 0.367. The molecule has 1 aliphatic rings. The summed E-state index contributed by atoms with van der Waals surface area (Å²) in [6.07, 6.45) is 6.29. The van der Waals surface area contributed by atoms with Crippen LogP contribution in [0.4, 0.5) is 5.69 Å². The molecule has 0 spiro atoms. The van der Waals surface area contributed by atoms with Crippen LogP contribution in [0.25, 0.3) is 11.1 Å². The van der Waals surface area contributed by atoms with Gasteiger partial charge >= 0.3 is 0 Å². The molecule has 208 valence electrons. The molecule has 3 aromatic rings. The fourth-order valence-corrected chi connectivity index (χ4v) is 5.24. The first-order valence-corrected chi connectivity index (χ1v) is 15.2. The van der Waals surface area contributed by atoms with E-state index in [-0.39, 0.29) is 11.7 Å². The van der Waals surface area contributed by atoms with Crippen molar-refractivity contribution in [2.24, 2.45) is 0 Å². The molecule has 1 saturated carbocycles. The van der Waals surface area contributed by atoms with E-state index in [1.165, 1.54) is 6.42 Å². The number of sulfonamides is 1. The minimum atomic E-state index is -3.70. The molecule has 0 aliphatic heterocycles. The monoisotopic (exact) mass is 551 g/mol. The van der Waals surface area contributed by atoms with Gasteiger partial charge in [-0.2, -0.15) is 0 Å². The van der Waals surface area contributed by atoms with Crippen molar-refractivity contribution in [2.45, 2.75) is 50.7 Å². The molecule has 1 aliphatic carbocycles. The summed E-state index contributed by atoms with van der Waals surface area (Å²) in [5, 5.41) is 13.6. The van der Waals surface area contributed by atoms with Gasteiger partial charge in [0, 0.05) is 12.2 Å². The van der Waals surface area contributed by atoms with Crippen molar-refractivity contribution < 1.29 is 23.1 Å². The van der Waals surface area contributed by atoms with Gasteiger partial charge in [-0.15, -0.1) is 0 Å². The number of benzene rings is 3. The maximum Gasteiger partial charge on any atom is 0.268 e. The van der Waals surface area contributed by atoms with E-state index >= 15 is 0 Å². The Labute approximate surface area is 230 Å². The van der Waals surface area contributed by atoms with Gasteiger partial charge < -0.3 is 20.9 Å². The summed E-state index contributed by atoms with van der Waals surface area (Å²) in [6, 6.07) is 20.7. The number of nitrogens with two attached hydrogens (primary N) is 1. The number of amides is 1. The summed E-state index contributed by atoms with van der Waals surface area (Å²) in [5.41, 5.74) is 10.4. The number of carbonyl (C=O) groups is 1. The van der Waals surface area contributed by atoms with Crippen molar-refractivity contribution in [3.8, 4) is 16.9 Å². The van der Waals surface area contributed by atoms with Crippen LogP contribution in [0.15, 0.2) is 66.7 Å². The Morgan fingerprint density at radius 2 is 1.74 bits per heavy atom. The molecule has 4 rings (SSSR count). The predicted molar refractivity (Wildman–Crippen MR) is 154 cm³/mol. The molecule has 5 N–H and O–H groups in total. The quantitative estimate of drug-likeness (QED) is 0.207. The standard InChI is InChI=1S/C30H37N3O5S/c1-39(36,37)33-30(35)27-15-14-23(19-29(27)38-26-8-3-2-4-9-26)22-12-10-21(11-13-22)16-17-32-20-28(34)24-6-5-7-25(31)18-24/h5-7,10-15,18-19,26,28,32,34H,2-4,8-9,16-17,20,31H2,1H3,(H,33,35)/t28-/m1/s1. The molecule has 0 radical (unpaired) electrons. The minimum absolute atomic E-state index is 0.00595. The number of anilines is 1. The highest BCUT2D eigenvalue weighted by Crippen LogP contribution is 2.31. The number of hydrogen-bond acceptors (Lipinski definition) is 7. The summed E-state index contributed by atoms with van der Waals surface area (Å²) >= 11 is 0. The van der Waals surface area contributed by atoms with E-state index in [1.807, 2.05) is 35.1 Å². The van der Waals surface area contributed by atoms with E-state index in [0.717, 1.165) is 60.6 Å². The first-order valence-electron chi connectivity index (χ1n) is 13.3. The molecule has 1 atom stereocenters. The maximum atomic E-state index is 12.7. The molecule has 3 aromatic carbocycles. The molecule has 8 nitrogen and oxygen atoms in total. The fourth-order valence-electron chi connectivity index (χ4n) is 4.79. The molecule has 1 amide bonds. The number of ether oxygens (including phenoxy) is 1. The molecule has 0 aromatic heterocycles. The molecule has 0 unspecified atom stereocenters. The Kier molecular flexibility index (Phi) is 9.61. The van der Waals surface area contributed by atoms with Crippen LogP contribution in [-0.4, -0.2) is 44.9 Å². The molecule has 39 heavy (non-hydrogen) atoms. The summed E-state index contributed by atoms with van der Waals surface area (Å²) < 4.78 is 31.6. The largest absolute Gasteiger partial charge is 0.490 e. The summed E-state index contributed by atoms with van der Waals surface area (Å²) in [4.78, 5) is 12.7. The van der Waals surface area contributed by atoms with E-state index in [1.54, 1.807) is 24.3 Å². The zero-order chi connectivity index (χ0) is 27.8. The topological polar surface area (TPSA) is 131 Å². The van der Waals surface area contributed by atoms with Gasteiger partial charge in [0.05, 0.1) is 24.0 Å². The molecular weight excluding hydrogens is 514 g/mol. The van der Waals surface area contributed by atoms with Crippen LogP contribution in [0, 0.1) is 0 Å². The Morgan fingerprint density at radius 1 is 1.03 bits per heavy atom. The molecule has 0 saturated heterocycles. The zero-order valence-corrected chi connectivity index (χ0v) is 23.0. The van der Waals surface area contributed by atoms with E-state index in [9.17, 15) is 18.3 Å². The van der Waals surface area contributed by atoms with Gasteiger partial charge in [0.25, 0.3) is 5.91 Å². The lowest BCUT2D eigenvalue weighted by atomic mass is 9.97. The third-order valence-electron chi connectivity index (χ3n) is 6.86. The van der Waals surface area contributed by atoms with Crippen molar-refractivity contribution in [3.63, 3.8) is 0 Å². The van der Waals surface area contributed by atoms with Crippen LogP contribution in [0.1, 0.15) is 59.7 Å². The average molecular weight is 552 g/mol. The molecule has 0 heterocycles. The van der Waals surface area contributed by atoms with Gasteiger partial charge in [0.2, 0.25) is 10.0 Å². The third-order valence-corrected chi connectivity index (χ3v) is 7.42. The van der Waals surface area contributed by atoms with Crippen molar-refractivity contribution in [1.29, 1.82) is 0 Å². The smallest absolute Gasteiger partial charge is 0.268 e. The lowest BCUT2D eigenvalue weighted by Crippen LogP contribution is -2.30. The lowest BCUT2D eigenvalue weighted by molar-refractivity contribution is 0.0969. The summed E-state index contributed by atoms with van der Waals surface area (Å²) in [5.74, 6) is -0.300. The number of aliphatic hydroxyl groups is 1. The number of rotatable bonds is 11. The second-order valence-corrected chi connectivity index (χ2v) is 11.9. The van der Waals surface area contributed by atoms with E-state index in [2.05, 4.69) is 17.4 Å². The number of hydrogen-bond donors (Lipinski definition) is 4. The lowest BCUT2D eigenvalue weighted by Gasteiger charge is -2.24. The number of nitrogen functional groups attached to an aromatic ring is 1. The Bertz CT molecular complexity index is 1370. The van der Waals surface area contributed by atoms with E-state index in [0.29, 0.717) is 24.5 Å². The van der Waals surface area contributed by atoms with Gasteiger partial charge in [-0.05, 0) is 85.2 Å². The van der Waals surface area contributed by atoms with Gasteiger partial charge in [0.15, 0.2) is 0 Å². The Hall–Kier alpha value is -3.40. The Morgan fingerprint density at radius 3 is 2.44 bits per heavy atom. The molecule has 1 fully saturated rings. The van der Waals surface area contributed by atoms with E-state index in [4.69, 9.17) is 10.5 Å².